The molecule has 0 bridgehead atoms. The van der Waals surface area contributed by atoms with E-state index in [2.05, 4.69) is 11.0 Å². The van der Waals surface area contributed by atoms with Crippen LogP contribution in [-0.2, 0) is 0 Å². The Morgan fingerprint density at radius 3 is 2.40 bits per heavy atom. The fraction of sp³-hybridized carbons (Fsp3) is 0.917. The minimum absolute atomic E-state index is 0.302. The van der Waals surface area contributed by atoms with E-state index in [1.165, 1.54) is 19.4 Å². The van der Waals surface area contributed by atoms with Crippen LogP contribution in [0, 0.1) is 17.2 Å². The van der Waals surface area contributed by atoms with E-state index in [1.807, 2.05) is 0 Å². The quantitative estimate of drug-likeness (QED) is 0.680. The molecule has 0 aliphatic carbocycles. The predicted molar refractivity (Wildman–Crippen MR) is 60.3 cm³/mol. The molecule has 3 heteroatoms. The van der Waals surface area contributed by atoms with Crippen LogP contribution >= 0.6 is 0 Å². The zero-order valence-electron chi connectivity index (χ0n) is 9.49. The van der Waals surface area contributed by atoms with E-state index in [0.717, 1.165) is 38.8 Å². The molecule has 0 unspecified atom stereocenters. The number of likely N-dealkylation sites (tertiary alicyclic amines) is 1. The standard InChI is InChI=1S/C12H22N2O/c13-11-12-5-8-14(9-6-12)7-3-1-2-4-10-15/h12,15H,1-10H2. The number of nitriles is 1. The Morgan fingerprint density at radius 2 is 1.80 bits per heavy atom. The number of unbranched alkanes of at least 4 members (excludes halogenated alkanes) is 3. The van der Waals surface area contributed by atoms with Gasteiger partial charge in [-0.2, -0.15) is 5.26 Å². The van der Waals surface area contributed by atoms with E-state index >= 15 is 0 Å². The number of hydrogen-bond acceptors (Lipinski definition) is 3. The smallest absolute Gasteiger partial charge is 0.0656 e. The number of nitrogens with zero attached hydrogens (tertiary/aromatic N) is 2. The van der Waals surface area contributed by atoms with Gasteiger partial charge in [0.05, 0.1) is 6.07 Å². The van der Waals surface area contributed by atoms with Gasteiger partial charge in [-0.1, -0.05) is 12.8 Å². The fourth-order valence-electron chi connectivity index (χ4n) is 2.09. The molecule has 1 fully saturated rings. The van der Waals surface area contributed by atoms with E-state index in [-0.39, 0.29) is 0 Å². The lowest BCUT2D eigenvalue weighted by Gasteiger charge is -2.28. The van der Waals surface area contributed by atoms with E-state index < -0.39 is 0 Å². The third kappa shape index (κ3) is 5.15. The number of piperidine rings is 1. The highest BCUT2D eigenvalue weighted by Crippen LogP contribution is 2.16. The van der Waals surface area contributed by atoms with Gasteiger partial charge in [0.2, 0.25) is 0 Å². The molecular weight excluding hydrogens is 188 g/mol. The highest BCUT2D eigenvalue weighted by molar-refractivity contribution is 4.87. The zero-order valence-corrected chi connectivity index (χ0v) is 9.49. The molecule has 0 amide bonds. The van der Waals surface area contributed by atoms with Gasteiger partial charge in [0.1, 0.15) is 0 Å². The molecule has 1 N–H and O–H groups in total. The van der Waals surface area contributed by atoms with E-state index in [9.17, 15) is 0 Å². The maximum absolute atomic E-state index is 8.76. The molecule has 0 atom stereocenters. The summed E-state index contributed by atoms with van der Waals surface area (Å²) < 4.78 is 0. The SMILES string of the molecule is N#CC1CCN(CCCCCCO)CC1. The fourth-order valence-corrected chi connectivity index (χ4v) is 2.09. The average Bonchev–Trinajstić information content (AvgIpc) is 2.30. The molecule has 15 heavy (non-hydrogen) atoms. The van der Waals surface area contributed by atoms with Crippen LogP contribution in [0.15, 0.2) is 0 Å². The molecule has 0 aromatic heterocycles. The van der Waals surface area contributed by atoms with Crippen molar-refractivity contribution in [3.8, 4) is 6.07 Å². The number of aliphatic hydroxyl groups is 1. The maximum Gasteiger partial charge on any atom is 0.0656 e. The van der Waals surface area contributed by atoms with Gasteiger partial charge in [0.15, 0.2) is 0 Å². The Hall–Kier alpha value is -0.590. The van der Waals surface area contributed by atoms with Gasteiger partial charge in [-0.05, 0) is 45.3 Å². The third-order valence-electron chi connectivity index (χ3n) is 3.15. The van der Waals surface area contributed by atoms with Crippen molar-refractivity contribution in [2.24, 2.45) is 5.92 Å². The van der Waals surface area contributed by atoms with Crippen LogP contribution in [0.1, 0.15) is 38.5 Å². The van der Waals surface area contributed by atoms with Crippen molar-refractivity contribution in [3.05, 3.63) is 0 Å². The van der Waals surface area contributed by atoms with Gasteiger partial charge in [-0.15, -0.1) is 0 Å². The monoisotopic (exact) mass is 210 g/mol. The van der Waals surface area contributed by atoms with Crippen LogP contribution < -0.4 is 0 Å². The highest BCUT2D eigenvalue weighted by Gasteiger charge is 2.17. The first kappa shape index (κ1) is 12.5. The molecule has 1 aliphatic rings. The molecule has 1 aliphatic heterocycles. The number of rotatable bonds is 6. The summed E-state index contributed by atoms with van der Waals surface area (Å²) in [6, 6.07) is 2.35. The molecule has 1 heterocycles. The average molecular weight is 210 g/mol. The van der Waals surface area contributed by atoms with Gasteiger partial charge in [-0.3, -0.25) is 0 Å². The third-order valence-corrected chi connectivity index (χ3v) is 3.15. The van der Waals surface area contributed by atoms with Crippen molar-refractivity contribution in [2.75, 3.05) is 26.2 Å². The molecule has 1 rings (SSSR count). The minimum atomic E-state index is 0.302. The van der Waals surface area contributed by atoms with Crippen LogP contribution in [0.5, 0.6) is 0 Å². The topological polar surface area (TPSA) is 47.3 Å². The second kappa shape index (κ2) is 7.67. The molecule has 0 spiro atoms. The van der Waals surface area contributed by atoms with Gasteiger partial charge >= 0.3 is 0 Å². The van der Waals surface area contributed by atoms with Crippen molar-refractivity contribution >= 4 is 0 Å². The number of aliphatic hydroxyl groups excluding tert-OH is 1. The summed E-state index contributed by atoms with van der Waals surface area (Å²) in [5, 5.41) is 17.4. The minimum Gasteiger partial charge on any atom is -0.396 e. The van der Waals surface area contributed by atoms with Gasteiger partial charge in [0, 0.05) is 12.5 Å². The second-order valence-corrected chi connectivity index (χ2v) is 4.38. The largest absolute Gasteiger partial charge is 0.396 e. The lowest BCUT2D eigenvalue weighted by atomic mass is 9.98. The lowest BCUT2D eigenvalue weighted by Crippen LogP contribution is -2.33. The highest BCUT2D eigenvalue weighted by atomic mass is 16.2. The van der Waals surface area contributed by atoms with Crippen LogP contribution in [0.4, 0.5) is 0 Å². The molecule has 0 saturated carbocycles. The summed E-state index contributed by atoms with van der Waals surface area (Å²) in [4.78, 5) is 2.47. The number of hydrogen-bond donors (Lipinski definition) is 1. The van der Waals surface area contributed by atoms with Gasteiger partial charge < -0.3 is 10.0 Å². The molecular formula is C12H22N2O. The Balaban J connectivity index is 1.97. The van der Waals surface area contributed by atoms with Crippen LogP contribution in [0.3, 0.4) is 0 Å². The van der Waals surface area contributed by atoms with E-state index in [1.54, 1.807) is 0 Å². The van der Waals surface area contributed by atoms with Crippen LogP contribution in [0.2, 0.25) is 0 Å². The van der Waals surface area contributed by atoms with Crippen LogP contribution in [-0.4, -0.2) is 36.2 Å². The van der Waals surface area contributed by atoms with Gasteiger partial charge in [0.25, 0.3) is 0 Å². The van der Waals surface area contributed by atoms with E-state index in [0.29, 0.717) is 12.5 Å². The first-order valence-electron chi connectivity index (χ1n) is 6.09. The van der Waals surface area contributed by atoms with Crippen molar-refractivity contribution in [1.29, 1.82) is 5.26 Å². The van der Waals surface area contributed by atoms with Crippen LogP contribution in [0.25, 0.3) is 0 Å². The first-order valence-corrected chi connectivity index (χ1v) is 6.09. The summed E-state index contributed by atoms with van der Waals surface area (Å²) in [6.07, 6.45) is 6.64. The molecule has 0 aromatic rings. The van der Waals surface area contributed by atoms with Crippen molar-refractivity contribution in [3.63, 3.8) is 0 Å². The summed E-state index contributed by atoms with van der Waals surface area (Å²) in [5.74, 6) is 0.302. The zero-order chi connectivity index (χ0) is 10.9. The summed E-state index contributed by atoms with van der Waals surface area (Å²) in [7, 11) is 0. The van der Waals surface area contributed by atoms with Crippen molar-refractivity contribution < 1.29 is 5.11 Å². The molecule has 0 aromatic carbocycles. The molecule has 1 saturated heterocycles. The molecule has 86 valence electrons. The lowest BCUT2D eigenvalue weighted by molar-refractivity contribution is 0.201. The second-order valence-electron chi connectivity index (χ2n) is 4.38. The Morgan fingerprint density at radius 1 is 1.13 bits per heavy atom. The molecule has 0 radical (unpaired) electrons. The van der Waals surface area contributed by atoms with E-state index in [4.69, 9.17) is 10.4 Å². The normalized spacial score (nSPS) is 18.9. The van der Waals surface area contributed by atoms with Gasteiger partial charge in [-0.25, -0.2) is 0 Å². The maximum atomic E-state index is 8.76. The van der Waals surface area contributed by atoms with Crippen molar-refractivity contribution in [2.45, 2.75) is 38.5 Å². The summed E-state index contributed by atoms with van der Waals surface area (Å²) in [6.45, 7) is 3.69. The molecule has 3 nitrogen and oxygen atoms in total. The Labute approximate surface area is 92.7 Å². The summed E-state index contributed by atoms with van der Waals surface area (Å²) >= 11 is 0. The Kier molecular flexibility index (Phi) is 6.38. The predicted octanol–water partition coefficient (Wildman–Crippen LogP) is 1.77. The Bertz CT molecular complexity index is 192. The van der Waals surface area contributed by atoms with Crippen molar-refractivity contribution in [1.82, 2.24) is 4.90 Å². The summed E-state index contributed by atoms with van der Waals surface area (Å²) in [5.41, 5.74) is 0. The first-order chi connectivity index (χ1) is 7.36.